The Kier molecular flexibility index (Phi) is 5.18. The van der Waals surface area contributed by atoms with E-state index in [0.29, 0.717) is 22.6 Å². The fourth-order valence-corrected chi connectivity index (χ4v) is 2.72. The molecule has 1 heterocycles. The smallest absolute Gasteiger partial charge is 0.338 e. The Hall–Kier alpha value is -2.93. The third-order valence-corrected chi connectivity index (χ3v) is 3.85. The molecule has 1 aliphatic rings. The molecule has 2 aromatic carbocycles. The van der Waals surface area contributed by atoms with Gasteiger partial charge < -0.3 is 14.8 Å². The Morgan fingerprint density at radius 3 is 2.81 bits per heavy atom. The zero-order chi connectivity index (χ0) is 18.7. The average molecular weight is 370 g/mol. The molecule has 0 radical (unpaired) electrons. The van der Waals surface area contributed by atoms with E-state index in [1.807, 2.05) is 13.8 Å². The van der Waals surface area contributed by atoms with Crippen LogP contribution in [0.25, 0.3) is 0 Å². The predicted octanol–water partition coefficient (Wildman–Crippen LogP) is 3.27. The van der Waals surface area contributed by atoms with Gasteiger partial charge in [-0.2, -0.15) is 0 Å². The predicted molar refractivity (Wildman–Crippen MR) is 101 cm³/mol. The molecule has 0 spiro atoms. The van der Waals surface area contributed by atoms with E-state index in [9.17, 15) is 9.59 Å². The third kappa shape index (κ3) is 4.18. The van der Waals surface area contributed by atoms with Gasteiger partial charge in [0, 0.05) is 16.8 Å². The highest BCUT2D eigenvalue weighted by atomic mass is 32.1. The summed E-state index contributed by atoms with van der Waals surface area (Å²) in [6.45, 7) is 4.11. The molecule has 0 fully saturated rings. The van der Waals surface area contributed by atoms with Gasteiger partial charge in [-0.15, -0.1) is 0 Å². The fraction of sp³-hybridized carbons (Fsp3) is 0.211. The van der Waals surface area contributed by atoms with Crippen molar-refractivity contribution >= 4 is 34.9 Å². The van der Waals surface area contributed by atoms with Crippen LogP contribution in [-0.2, 0) is 11.3 Å². The van der Waals surface area contributed by atoms with Gasteiger partial charge in [0.05, 0.1) is 11.7 Å². The second kappa shape index (κ2) is 7.53. The lowest BCUT2D eigenvalue weighted by molar-refractivity contribution is 0.0535. The number of benzene rings is 2. The van der Waals surface area contributed by atoms with Crippen LogP contribution in [-0.4, -0.2) is 23.1 Å². The molecule has 0 unspecified atom stereocenters. The van der Waals surface area contributed by atoms with Gasteiger partial charge in [-0.1, -0.05) is 12.1 Å². The first-order valence-corrected chi connectivity index (χ1v) is 8.52. The van der Waals surface area contributed by atoms with Crippen LogP contribution in [0.2, 0.25) is 0 Å². The summed E-state index contributed by atoms with van der Waals surface area (Å²) in [5, 5.41) is 5.65. The number of ether oxygens (including phenoxy) is 2. The van der Waals surface area contributed by atoms with E-state index in [4.69, 9.17) is 21.7 Å². The average Bonchev–Trinajstić information content (AvgIpc) is 2.95. The minimum absolute atomic E-state index is 0.0163. The molecule has 1 amide bonds. The second-order valence-electron chi connectivity index (χ2n) is 6.05. The highest BCUT2D eigenvalue weighted by Gasteiger charge is 2.21. The SMILES string of the molecule is CC(C)Oc1cccc(C(=O)NC(=S)Nc2ccc3c(c2)C(=O)OC3)c1. The molecule has 6 nitrogen and oxygen atoms in total. The summed E-state index contributed by atoms with van der Waals surface area (Å²) in [7, 11) is 0. The van der Waals surface area contributed by atoms with E-state index >= 15 is 0 Å². The number of carbonyl (C=O) groups excluding carboxylic acids is 2. The fourth-order valence-electron chi connectivity index (χ4n) is 2.51. The zero-order valence-electron chi connectivity index (χ0n) is 14.4. The Morgan fingerprint density at radius 1 is 1.23 bits per heavy atom. The number of nitrogens with one attached hydrogen (secondary N) is 2. The van der Waals surface area contributed by atoms with Crippen LogP contribution in [0.15, 0.2) is 42.5 Å². The largest absolute Gasteiger partial charge is 0.491 e. The molecule has 2 N–H and O–H groups in total. The summed E-state index contributed by atoms with van der Waals surface area (Å²) in [6, 6.07) is 12.1. The van der Waals surface area contributed by atoms with Crippen LogP contribution in [0.5, 0.6) is 5.75 Å². The van der Waals surface area contributed by atoms with E-state index in [-0.39, 0.29) is 29.7 Å². The maximum atomic E-state index is 12.4. The lowest BCUT2D eigenvalue weighted by Gasteiger charge is -2.12. The lowest BCUT2D eigenvalue weighted by atomic mass is 10.1. The maximum absolute atomic E-state index is 12.4. The number of carbonyl (C=O) groups is 2. The first-order chi connectivity index (χ1) is 12.4. The van der Waals surface area contributed by atoms with Crippen molar-refractivity contribution in [1.82, 2.24) is 5.32 Å². The number of amides is 1. The number of hydrogen-bond acceptors (Lipinski definition) is 5. The van der Waals surface area contributed by atoms with Crippen LogP contribution < -0.4 is 15.4 Å². The highest BCUT2D eigenvalue weighted by Crippen LogP contribution is 2.23. The van der Waals surface area contributed by atoms with Gasteiger partial charge in [0.25, 0.3) is 5.91 Å². The molecule has 134 valence electrons. The first-order valence-electron chi connectivity index (χ1n) is 8.11. The molecule has 7 heteroatoms. The first kappa shape index (κ1) is 17.9. The van der Waals surface area contributed by atoms with Crippen molar-refractivity contribution in [2.45, 2.75) is 26.6 Å². The van der Waals surface area contributed by atoms with Gasteiger partial charge in [0.1, 0.15) is 12.4 Å². The van der Waals surface area contributed by atoms with Crippen molar-refractivity contribution in [3.8, 4) is 5.75 Å². The minimum atomic E-state index is -0.361. The summed E-state index contributed by atoms with van der Waals surface area (Å²) in [4.78, 5) is 24.0. The van der Waals surface area contributed by atoms with E-state index in [1.54, 1.807) is 42.5 Å². The standard InChI is InChI=1S/C19H18N2O4S/c1-11(2)25-15-5-3-4-12(8-15)17(22)21-19(26)20-14-7-6-13-10-24-18(23)16(13)9-14/h3-9,11H,10H2,1-2H3,(H2,20,21,22,26). The number of thiocarbonyl (C=S) groups is 1. The Morgan fingerprint density at radius 2 is 2.04 bits per heavy atom. The molecule has 26 heavy (non-hydrogen) atoms. The quantitative estimate of drug-likeness (QED) is 0.635. The lowest BCUT2D eigenvalue weighted by Crippen LogP contribution is -2.34. The molecule has 0 atom stereocenters. The molecule has 0 aromatic heterocycles. The van der Waals surface area contributed by atoms with Gasteiger partial charge >= 0.3 is 5.97 Å². The molecule has 0 saturated carbocycles. The Labute approximate surface area is 156 Å². The highest BCUT2D eigenvalue weighted by molar-refractivity contribution is 7.80. The maximum Gasteiger partial charge on any atom is 0.338 e. The van der Waals surface area contributed by atoms with Crippen LogP contribution in [0.1, 0.15) is 40.1 Å². The zero-order valence-corrected chi connectivity index (χ0v) is 15.2. The summed E-state index contributed by atoms with van der Waals surface area (Å²) in [5.74, 6) is -0.0958. The van der Waals surface area contributed by atoms with Crippen molar-refractivity contribution in [1.29, 1.82) is 0 Å². The summed E-state index contributed by atoms with van der Waals surface area (Å²) in [5.41, 5.74) is 2.37. The van der Waals surface area contributed by atoms with Crippen LogP contribution in [0, 0.1) is 0 Å². The molecule has 0 aliphatic carbocycles. The van der Waals surface area contributed by atoms with Gasteiger partial charge in [-0.3, -0.25) is 10.1 Å². The van der Waals surface area contributed by atoms with Crippen molar-refractivity contribution in [2.24, 2.45) is 0 Å². The molecular weight excluding hydrogens is 352 g/mol. The van der Waals surface area contributed by atoms with E-state index in [0.717, 1.165) is 5.56 Å². The van der Waals surface area contributed by atoms with Crippen molar-refractivity contribution in [3.05, 3.63) is 59.2 Å². The van der Waals surface area contributed by atoms with Gasteiger partial charge in [-0.25, -0.2) is 4.79 Å². The number of rotatable bonds is 4. The number of fused-ring (bicyclic) bond motifs is 1. The molecule has 0 bridgehead atoms. The third-order valence-electron chi connectivity index (χ3n) is 3.64. The normalized spacial score (nSPS) is 12.3. The Balaban J connectivity index is 1.64. The Bertz CT molecular complexity index is 880. The summed E-state index contributed by atoms with van der Waals surface area (Å²) < 4.78 is 10.5. The van der Waals surface area contributed by atoms with E-state index in [1.165, 1.54) is 0 Å². The number of anilines is 1. The molecule has 2 aromatic rings. The van der Waals surface area contributed by atoms with E-state index < -0.39 is 0 Å². The topological polar surface area (TPSA) is 76.7 Å². The van der Waals surface area contributed by atoms with Crippen molar-refractivity contribution < 1.29 is 19.1 Å². The van der Waals surface area contributed by atoms with Gasteiger partial charge in [-0.05, 0) is 56.4 Å². The second-order valence-corrected chi connectivity index (χ2v) is 6.46. The van der Waals surface area contributed by atoms with Crippen LogP contribution in [0.3, 0.4) is 0 Å². The van der Waals surface area contributed by atoms with Crippen molar-refractivity contribution in [2.75, 3.05) is 5.32 Å². The molecule has 1 aliphatic heterocycles. The molecular formula is C19H18N2O4S. The molecule has 0 saturated heterocycles. The summed E-state index contributed by atoms with van der Waals surface area (Å²) >= 11 is 5.18. The molecule has 3 rings (SSSR count). The number of esters is 1. The minimum Gasteiger partial charge on any atom is -0.491 e. The van der Waals surface area contributed by atoms with Gasteiger partial charge in [0.2, 0.25) is 0 Å². The number of hydrogen-bond donors (Lipinski definition) is 2. The van der Waals surface area contributed by atoms with Crippen LogP contribution in [0.4, 0.5) is 5.69 Å². The summed E-state index contributed by atoms with van der Waals surface area (Å²) in [6.07, 6.45) is 0.0163. The van der Waals surface area contributed by atoms with Crippen LogP contribution >= 0.6 is 12.2 Å². The monoisotopic (exact) mass is 370 g/mol. The van der Waals surface area contributed by atoms with Gasteiger partial charge in [0.15, 0.2) is 5.11 Å². The van der Waals surface area contributed by atoms with E-state index in [2.05, 4.69) is 10.6 Å². The number of cyclic esters (lactones) is 1. The van der Waals surface area contributed by atoms with Crippen molar-refractivity contribution in [3.63, 3.8) is 0 Å².